The zero-order chi connectivity index (χ0) is 15.3. The van der Waals surface area contributed by atoms with Crippen LogP contribution in [0.3, 0.4) is 0 Å². The van der Waals surface area contributed by atoms with Crippen LogP contribution in [-0.2, 0) is 0 Å². The zero-order valence-electron chi connectivity index (χ0n) is 13.2. The molecule has 0 aliphatic rings. The summed E-state index contributed by atoms with van der Waals surface area (Å²) < 4.78 is 0. The van der Waals surface area contributed by atoms with E-state index in [4.69, 9.17) is 0 Å². The van der Waals surface area contributed by atoms with Gasteiger partial charge in [-0.3, -0.25) is 9.97 Å². The molecule has 22 heavy (non-hydrogen) atoms. The van der Waals surface area contributed by atoms with Crippen molar-refractivity contribution < 1.29 is 0 Å². The highest BCUT2D eigenvalue weighted by molar-refractivity contribution is 5.39. The van der Waals surface area contributed by atoms with Crippen LogP contribution in [0.25, 0.3) is 0 Å². The van der Waals surface area contributed by atoms with E-state index in [1.54, 1.807) is 12.4 Å². The van der Waals surface area contributed by atoms with Crippen molar-refractivity contribution in [1.82, 2.24) is 9.97 Å². The third kappa shape index (κ3) is 7.07. The molecule has 4 heteroatoms. The van der Waals surface area contributed by atoms with Crippen molar-refractivity contribution in [2.75, 3.05) is 23.7 Å². The molecule has 0 radical (unpaired) electrons. The lowest BCUT2D eigenvalue weighted by Gasteiger charge is -2.06. The number of hydrogen-bond acceptors (Lipinski definition) is 4. The van der Waals surface area contributed by atoms with Gasteiger partial charge in [-0.15, -0.1) is 0 Å². The van der Waals surface area contributed by atoms with Gasteiger partial charge in [0, 0.05) is 37.9 Å². The minimum atomic E-state index is 1.04. The first kappa shape index (κ1) is 16.3. The second kappa shape index (κ2) is 10.6. The highest BCUT2D eigenvalue weighted by Gasteiger charge is 1.94. The Morgan fingerprint density at radius 3 is 1.50 bits per heavy atom. The lowest BCUT2D eigenvalue weighted by Crippen LogP contribution is -2.02. The van der Waals surface area contributed by atoms with Crippen LogP contribution in [0.2, 0.25) is 0 Å². The van der Waals surface area contributed by atoms with E-state index in [1.165, 1.54) is 38.5 Å². The molecule has 0 aromatic carbocycles. The minimum absolute atomic E-state index is 1.04. The van der Waals surface area contributed by atoms with Crippen LogP contribution in [0.5, 0.6) is 0 Å². The van der Waals surface area contributed by atoms with E-state index < -0.39 is 0 Å². The Kier molecular flexibility index (Phi) is 7.84. The average molecular weight is 298 g/mol. The van der Waals surface area contributed by atoms with Crippen LogP contribution >= 0.6 is 0 Å². The van der Waals surface area contributed by atoms with E-state index in [2.05, 4.69) is 32.7 Å². The van der Waals surface area contributed by atoms with Gasteiger partial charge >= 0.3 is 0 Å². The molecule has 2 rings (SSSR count). The van der Waals surface area contributed by atoms with Crippen LogP contribution in [-0.4, -0.2) is 23.1 Å². The fourth-order valence-electron chi connectivity index (χ4n) is 2.36. The van der Waals surface area contributed by atoms with Gasteiger partial charge in [0.25, 0.3) is 0 Å². The molecular formula is C18H26N4. The summed E-state index contributed by atoms with van der Waals surface area (Å²) >= 11 is 0. The molecule has 4 nitrogen and oxygen atoms in total. The third-order valence-electron chi connectivity index (χ3n) is 3.58. The largest absolute Gasteiger partial charge is 0.384 e. The molecule has 2 heterocycles. The Morgan fingerprint density at radius 2 is 1.09 bits per heavy atom. The van der Waals surface area contributed by atoms with E-state index in [0.717, 1.165) is 24.5 Å². The summed E-state index contributed by atoms with van der Waals surface area (Å²) in [4.78, 5) is 8.18. The highest BCUT2D eigenvalue weighted by atomic mass is 14.9. The van der Waals surface area contributed by atoms with Crippen molar-refractivity contribution in [2.24, 2.45) is 0 Å². The van der Waals surface area contributed by atoms with Crippen LogP contribution < -0.4 is 10.6 Å². The first-order valence-corrected chi connectivity index (χ1v) is 8.23. The van der Waals surface area contributed by atoms with Crippen LogP contribution in [0.4, 0.5) is 11.4 Å². The van der Waals surface area contributed by atoms with E-state index in [0.29, 0.717) is 0 Å². The maximum Gasteiger partial charge on any atom is 0.0526 e. The summed E-state index contributed by atoms with van der Waals surface area (Å²) in [6.45, 7) is 2.07. The number of hydrogen-bond donors (Lipinski definition) is 2. The smallest absolute Gasteiger partial charge is 0.0526 e. The lowest BCUT2D eigenvalue weighted by atomic mass is 10.1. The van der Waals surface area contributed by atoms with Crippen molar-refractivity contribution in [3.8, 4) is 0 Å². The van der Waals surface area contributed by atoms with Crippen molar-refractivity contribution in [2.45, 2.75) is 38.5 Å². The Labute approximate surface area is 133 Å². The first-order chi connectivity index (χ1) is 10.9. The topological polar surface area (TPSA) is 49.8 Å². The second-order valence-corrected chi connectivity index (χ2v) is 5.46. The zero-order valence-corrected chi connectivity index (χ0v) is 13.2. The highest BCUT2D eigenvalue weighted by Crippen LogP contribution is 2.08. The number of anilines is 2. The van der Waals surface area contributed by atoms with Gasteiger partial charge < -0.3 is 10.6 Å². The molecule has 0 saturated heterocycles. The SMILES string of the molecule is c1cncc(NCCCCCCCCNc2cccnc2)c1. The molecule has 0 saturated carbocycles. The van der Waals surface area contributed by atoms with Gasteiger partial charge in [0.05, 0.1) is 11.4 Å². The first-order valence-electron chi connectivity index (χ1n) is 8.23. The molecule has 0 aliphatic heterocycles. The molecular weight excluding hydrogens is 272 g/mol. The molecule has 0 fully saturated rings. The number of nitrogens with one attached hydrogen (secondary N) is 2. The Hall–Kier alpha value is -2.10. The number of pyridine rings is 2. The van der Waals surface area contributed by atoms with E-state index in [9.17, 15) is 0 Å². The molecule has 118 valence electrons. The fraction of sp³-hybridized carbons (Fsp3) is 0.444. The molecule has 0 atom stereocenters. The molecule has 0 spiro atoms. The van der Waals surface area contributed by atoms with Gasteiger partial charge in [-0.1, -0.05) is 25.7 Å². The van der Waals surface area contributed by atoms with Crippen LogP contribution in [0.1, 0.15) is 38.5 Å². The van der Waals surface area contributed by atoms with E-state index in [1.807, 2.05) is 24.5 Å². The Balaban J connectivity index is 1.37. The Morgan fingerprint density at radius 1 is 0.636 bits per heavy atom. The molecule has 2 N–H and O–H groups in total. The molecule has 0 unspecified atom stereocenters. The minimum Gasteiger partial charge on any atom is -0.384 e. The summed E-state index contributed by atoms with van der Waals surface area (Å²) in [5.41, 5.74) is 2.23. The lowest BCUT2D eigenvalue weighted by molar-refractivity contribution is 0.610. The van der Waals surface area contributed by atoms with Crippen LogP contribution in [0.15, 0.2) is 49.1 Å². The van der Waals surface area contributed by atoms with Gasteiger partial charge in [0.1, 0.15) is 0 Å². The number of aromatic nitrogens is 2. The third-order valence-corrected chi connectivity index (χ3v) is 3.58. The summed E-state index contributed by atoms with van der Waals surface area (Å²) in [5.74, 6) is 0. The van der Waals surface area contributed by atoms with Crippen molar-refractivity contribution in [3.05, 3.63) is 49.1 Å². The number of nitrogens with zero attached hydrogens (tertiary/aromatic N) is 2. The Bertz CT molecular complexity index is 439. The van der Waals surface area contributed by atoms with Gasteiger partial charge in [-0.25, -0.2) is 0 Å². The normalized spacial score (nSPS) is 10.4. The predicted molar refractivity (Wildman–Crippen MR) is 93.2 cm³/mol. The van der Waals surface area contributed by atoms with E-state index in [-0.39, 0.29) is 0 Å². The summed E-state index contributed by atoms with van der Waals surface area (Å²) in [5, 5.41) is 6.79. The second-order valence-electron chi connectivity index (χ2n) is 5.46. The molecule has 0 bridgehead atoms. The summed E-state index contributed by atoms with van der Waals surface area (Å²) in [6, 6.07) is 8.04. The van der Waals surface area contributed by atoms with Gasteiger partial charge in [-0.2, -0.15) is 0 Å². The van der Waals surface area contributed by atoms with Crippen LogP contribution in [0, 0.1) is 0 Å². The number of unbranched alkanes of at least 4 members (excludes halogenated alkanes) is 5. The summed E-state index contributed by atoms with van der Waals surface area (Å²) in [7, 11) is 0. The van der Waals surface area contributed by atoms with Crippen molar-refractivity contribution in [3.63, 3.8) is 0 Å². The van der Waals surface area contributed by atoms with Gasteiger partial charge in [-0.05, 0) is 37.1 Å². The van der Waals surface area contributed by atoms with Crippen molar-refractivity contribution in [1.29, 1.82) is 0 Å². The summed E-state index contributed by atoms with van der Waals surface area (Å²) in [6.07, 6.45) is 15.0. The standard InChI is InChI=1S/C18H26N4/c1(3-5-13-21-17-9-7-11-19-15-17)2-4-6-14-22-18-10-8-12-20-16-18/h7-12,15-16,21-22H,1-6,13-14H2. The average Bonchev–Trinajstić information content (AvgIpc) is 2.58. The maximum atomic E-state index is 4.09. The molecule has 2 aromatic heterocycles. The van der Waals surface area contributed by atoms with Crippen molar-refractivity contribution >= 4 is 11.4 Å². The quantitative estimate of drug-likeness (QED) is 0.606. The van der Waals surface area contributed by atoms with Gasteiger partial charge in [0.15, 0.2) is 0 Å². The molecule has 2 aromatic rings. The fourth-order valence-corrected chi connectivity index (χ4v) is 2.36. The predicted octanol–water partition coefficient (Wildman–Crippen LogP) is 4.34. The van der Waals surface area contributed by atoms with E-state index >= 15 is 0 Å². The number of rotatable bonds is 11. The molecule has 0 aliphatic carbocycles. The monoisotopic (exact) mass is 298 g/mol. The maximum absolute atomic E-state index is 4.09. The van der Waals surface area contributed by atoms with Gasteiger partial charge in [0.2, 0.25) is 0 Å². The molecule has 0 amide bonds.